The van der Waals surface area contributed by atoms with Gasteiger partial charge in [0.05, 0.1) is 4.90 Å². The first kappa shape index (κ1) is 17.5. The Labute approximate surface area is 158 Å². The van der Waals surface area contributed by atoms with Crippen LogP contribution in [0.1, 0.15) is 29.7 Å². The smallest absolute Gasteiger partial charge is 0.334 e. The average Bonchev–Trinajstić information content (AvgIpc) is 2.99. The topological polar surface area (TPSA) is 63.7 Å². The molecule has 0 amide bonds. The predicted molar refractivity (Wildman–Crippen MR) is 102 cm³/mol. The molecule has 2 atom stereocenters. The number of hydrogen-bond acceptors (Lipinski definition) is 4. The van der Waals surface area contributed by atoms with Gasteiger partial charge in [0.1, 0.15) is 12.1 Å². The van der Waals surface area contributed by atoms with Gasteiger partial charge < -0.3 is 4.74 Å². The third kappa shape index (κ3) is 2.96. The highest BCUT2D eigenvalue weighted by atomic mass is 32.2. The predicted octanol–water partition coefficient (Wildman–Crippen LogP) is 3.58. The number of cyclic esters (lactones) is 1. The summed E-state index contributed by atoms with van der Waals surface area (Å²) in [7, 11) is -3.82. The number of ether oxygens (including phenoxy) is 1. The summed E-state index contributed by atoms with van der Waals surface area (Å²) in [5, 5.41) is 0. The number of carbonyl (C=O) groups is 1. The molecule has 0 aliphatic carbocycles. The number of hydrogen-bond donors (Lipinski definition) is 0. The molecule has 0 bridgehead atoms. The van der Waals surface area contributed by atoms with E-state index in [1.165, 1.54) is 4.31 Å². The Morgan fingerprint density at radius 2 is 1.70 bits per heavy atom. The zero-order chi connectivity index (χ0) is 19.2. The molecule has 4 rings (SSSR count). The number of esters is 1. The zero-order valence-electron chi connectivity index (χ0n) is 15.0. The highest BCUT2D eigenvalue weighted by Crippen LogP contribution is 2.40. The van der Waals surface area contributed by atoms with E-state index in [2.05, 4.69) is 0 Å². The van der Waals surface area contributed by atoms with Gasteiger partial charge in [-0.1, -0.05) is 42.0 Å². The summed E-state index contributed by atoms with van der Waals surface area (Å²) < 4.78 is 33.5. The molecule has 0 spiro atoms. The Morgan fingerprint density at radius 1 is 1.00 bits per heavy atom. The molecule has 138 valence electrons. The van der Waals surface area contributed by atoms with Crippen LogP contribution in [-0.4, -0.2) is 24.8 Å². The van der Waals surface area contributed by atoms with Crippen molar-refractivity contribution in [1.29, 1.82) is 0 Å². The van der Waals surface area contributed by atoms with Gasteiger partial charge in [0.2, 0.25) is 0 Å². The molecule has 0 saturated carbocycles. The quantitative estimate of drug-likeness (QED) is 0.763. The lowest BCUT2D eigenvalue weighted by atomic mass is 9.93. The first-order valence-corrected chi connectivity index (χ1v) is 10.1. The third-order valence-corrected chi connectivity index (χ3v) is 6.65. The molecule has 5 nitrogen and oxygen atoms in total. The average molecular weight is 381 g/mol. The van der Waals surface area contributed by atoms with E-state index in [1.807, 2.05) is 31.2 Å². The van der Waals surface area contributed by atoms with E-state index in [1.54, 1.807) is 49.5 Å². The first-order valence-electron chi connectivity index (χ1n) is 8.65. The van der Waals surface area contributed by atoms with E-state index in [4.69, 9.17) is 4.74 Å². The molecule has 0 unspecified atom stereocenters. The van der Waals surface area contributed by atoms with Crippen molar-refractivity contribution in [3.63, 3.8) is 0 Å². The van der Waals surface area contributed by atoms with Crippen LogP contribution in [-0.2, 0) is 19.6 Å². The van der Waals surface area contributed by atoms with Crippen molar-refractivity contribution < 1.29 is 17.9 Å². The van der Waals surface area contributed by atoms with Crippen LogP contribution in [0.5, 0.6) is 0 Å². The van der Waals surface area contributed by atoms with Gasteiger partial charge in [-0.05, 0) is 49.3 Å². The number of aryl methyl sites for hydroxylation is 1. The summed E-state index contributed by atoms with van der Waals surface area (Å²) in [6.07, 6.45) is 4.34. The fourth-order valence-electron chi connectivity index (χ4n) is 3.42. The van der Waals surface area contributed by atoms with Gasteiger partial charge in [0.15, 0.2) is 0 Å². The van der Waals surface area contributed by atoms with Gasteiger partial charge in [-0.3, -0.25) is 4.31 Å². The number of benzene rings is 2. The summed E-state index contributed by atoms with van der Waals surface area (Å²) in [5.41, 5.74) is 3.18. The Balaban J connectivity index is 1.84. The van der Waals surface area contributed by atoms with Gasteiger partial charge in [-0.15, -0.1) is 0 Å². The van der Waals surface area contributed by atoms with Crippen molar-refractivity contribution in [3.8, 4) is 0 Å². The summed E-state index contributed by atoms with van der Waals surface area (Å²) >= 11 is 0. The van der Waals surface area contributed by atoms with Crippen LogP contribution in [0.25, 0.3) is 6.08 Å². The van der Waals surface area contributed by atoms with Crippen LogP contribution < -0.4 is 0 Å². The summed E-state index contributed by atoms with van der Waals surface area (Å²) in [4.78, 5) is 12.1. The van der Waals surface area contributed by atoms with E-state index in [0.29, 0.717) is 5.57 Å². The van der Waals surface area contributed by atoms with E-state index in [9.17, 15) is 13.2 Å². The van der Waals surface area contributed by atoms with E-state index >= 15 is 0 Å². The molecule has 2 aliphatic heterocycles. The molecule has 2 heterocycles. The maximum atomic E-state index is 13.4. The highest BCUT2D eigenvalue weighted by molar-refractivity contribution is 7.89. The monoisotopic (exact) mass is 381 g/mol. The van der Waals surface area contributed by atoms with Gasteiger partial charge in [-0.2, -0.15) is 0 Å². The lowest BCUT2D eigenvalue weighted by molar-refractivity contribution is -0.141. The number of sulfonamides is 1. The molecule has 2 aromatic carbocycles. The first-order chi connectivity index (χ1) is 12.9. The van der Waals surface area contributed by atoms with Crippen LogP contribution >= 0.6 is 0 Å². The van der Waals surface area contributed by atoms with Crippen molar-refractivity contribution >= 4 is 22.1 Å². The van der Waals surface area contributed by atoms with Crippen molar-refractivity contribution in [2.24, 2.45) is 0 Å². The number of fused-ring (bicyclic) bond motifs is 1. The van der Waals surface area contributed by atoms with Crippen LogP contribution in [0.4, 0.5) is 0 Å². The molecule has 6 heteroatoms. The molecular formula is C21H19NO4S. The van der Waals surface area contributed by atoms with Crippen LogP contribution in [0.2, 0.25) is 0 Å². The Morgan fingerprint density at radius 3 is 2.37 bits per heavy atom. The lowest BCUT2D eigenvalue weighted by Crippen LogP contribution is -2.39. The normalized spacial score (nSPS) is 21.6. The number of carbonyl (C=O) groups excluding carboxylic acids is 1. The standard InChI is InChI=1S/C21H19NO4S/c1-14-7-9-17(10-8-14)27(24,25)22-12-11-16-5-3-4-6-18(16)20(22)19-13-15(2)21(23)26-19/h3-13,19-20H,1-2H3/t19-,20-/m1/s1. The van der Waals surface area contributed by atoms with Crippen molar-refractivity contribution in [2.75, 3.05) is 0 Å². The third-order valence-electron chi connectivity index (χ3n) is 4.88. The minimum absolute atomic E-state index is 0.201. The Hall–Kier alpha value is -2.86. The molecule has 0 saturated heterocycles. The zero-order valence-corrected chi connectivity index (χ0v) is 15.8. The SMILES string of the molecule is CC1=C[C@H]([C@H]2c3ccccc3C=CN2S(=O)(=O)c2ccc(C)cc2)OC1=O. The Kier molecular flexibility index (Phi) is 4.15. The molecule has 0 N–H and O–H groups in total. The minimum atomic E-state index is -3.82. The minimum Gasteiger partial charge on any atom is -0.452 e. The molecule has 0 fully saturated rings. The van der Waals surface area contributed by atoms with Gasteiger partial charge in [0.25, 0.3) is 10.0 Å². The summed E-state index contributed by atoms with van der Waals surface area (Å²) in [6.45, 7) is 3.58. The maximum Gasteiger partial charge on any atom is 0.334 e. The fraction of sp³-hybridized carbons (Fsp3) is 0.190. The van der Waals surface area contributed by atoms with E-state index in [0.717, 1.165) is 16.7 Å². The van der Waals surface area contributed by atoms with Crippen LogP contribution in [0.15, 0.2) is 71.3 Å². The van der Waals surface area contributed by atoms with Crippen LogP contribution in [0.3, 0.4) is 0 Å². The van der Waals surface area contributed by atoms with Gasteiger partial charge >= 0.3 is 5.97 Å². The second kappa shape index (κ2) is 6.39. The fourth-order valence-corrected chi connectivity index (χ4v) is 4.90. The highest BCUT2D eigenvalue weighted by Gasteiger charge is 2.41. The summed E-state index contributed by atoms with van der Waals surface area (Å²) in [6, 6.07) is 13.6. The van der Waals surface area contributed by atoms with Gasteiger partial charge in [-0.25, -0.2) is 13.2 Å². The van der Waals surface area contributed by atoms with Crippen LogP contribution in [0, 0.1) is 6.92 Å². The van der Waals surface area contributed by atoms with E-state index < -0.39 is 28.1 Å². The molecule has 27 heavy (non-hydrogen) atoms. The van der Waals surface area contributed by atoms with Crippen molar-refractivity contribution in [3.05, 3.63) is 83.1 Å². The van der Waals surface area contributed by atoms with Crippen molar-refractivity contribution in [2.45, 2.75) is 30.9 Å². The molecule has 0 radical (unpaired) electrons. The molecule has 2 aromatic rings. The lowest BCUT2D eigenvalue weighted by Gasteiger charge is -2.36. The van der Waals surface area contributed by atoms with Gasteiger partial charge in [0, 0.05) is 11.8 Å². The Bertz CT molecular complexity index is 1070. The number of rotatable bonds is 3. The largest absolute Gasteiger partial charge is 0.452 e. The maximum absolute atomic E-state index is 13.4. The summed E-state index contributed by atoms with van der Waals surface area (Å²) in [5.74, 6) is -0.417. The second-order valence-corrected chi connectivity index (χ2v) is 8.60. The van der Waals surface area contributed by atoms with E-state index in [-0.39, 0.29) is 4.90 Å². The molecular weight excluding hydrogens is 362 g/mol. The molecule has 0 aromatic heterocycles. The second-order valence-electron chi connectivity index (χ2n) is 6.76. The molecule has 2 aliphatic rings. The number of nitrogens with zero attached hydrogens (tertiary/aromatic N) is 1. The van der Waals surface area contributed by atoms with Crippen molar-refractivity contribution in [1.82, 2.24) is 4.31 Å².